The average Bonchev–Trinajstić information content (AvgIpc) is 2.74. The molecule has 2 unspecified atom stereocenters. The molecule has 154 valence electrons. The number of phenols is 1. The molecule has 5 nitrogen and oxygen atoms in total. The van der Waals surface area contributed by atoms with Crippen LogP contribution in [0, 0.1) is 26.2 Å². The summed E-state index contributed by atoms with van der Waals surface area (Å²) < 4.78 is 6.59. The van der Waals surface area contributed by atoms with Crippen LogP contribution in [0.3, 0.4) is 0 Å². The summed E-state index contributed by atoms with van der Waals surface area (Å²) in [5, 5.41) is 29.2. The minimum absolute atomic E-state index is 0.0489. The molecular weight excluding hydrogens is 548 g/mol. The number of nitrogens with one attached hydrogen (secondary N) is 1. The number of rotatable bonds is 3. The zero-order chi connectivity index (χ0) is 22.1. The van der Waals surface area contributed by atoms with Gasteiger partial charge in [-0.25, -0.2) is 0 Å². The predicted molar refractivity (Wildman–Crippen MR) is 130 cm³/mol. The molecule has 0 aromatic heterocycles. The maximum atomic E-state index is 10.5. The van der Waals surface area contributed by atoms with Gasteiger partial charge < -0.3 is 9.84 Å². The SMILES string of the molecule is N#CC1C(=N)Oc2cc(O)c(C=Nc3ccc(Cl)c(Cl)c3)cc2C1c1cccc(I)c1. The fraction of sp³-hybridized carbons (Fsp3) is 0.0870. The van der Waals surface area contributed by atoms with Gasteiger partial charge >= 0.3 is 0 Å². The molecular formula is C23H14Cl2IN3O2. The fourth-order valence-electron chi connectivity index (χ4n) is 3.47. The van der Waals surface area contributed by atoms with E-state index in [0.717, 1.165) is 9.13 Å². The first-order valence-corrected chi connectivity index (χ1v) is 11.0. The van der Waals surface area contributed by atoms with Gasteiger partial charge in [-0.2, -0.15) is 5.26 Å². The first-order chi connectivity index (χ1) is 14.9. The van der Waals surface area contributed by atoms with Crippen molar-refractivity contribution in [2.75, 3.05) is 0 Å². The van der Waals surface area contributed by atoms with Crippen molar-refractivity contribution in [2.24, 2.45) is 10.9 Å². The summed E-state index contributed by atoms with van der Waals surface area (Å²) >= 11 is 14.2. The Morgan fingerprint density at radius 3 is 2.65 bits per heavy atom. The van der Waals surface area contributed by atoms with E-state index in [1.165, 1.54) is 12.3 Å². The van der Waals surface area contributed by atoms with E-state index >= 15 is 0 Å². The Kier molecular flexibility index (Phi) is 6.19. The molecule has 8 heteroatoms. The Bertz CT molecular complexity index is 1270. The number of hydrogen-bond acceptors (Lipinski definition) is 5. The second kappa shape index (κ2) is 8.87. The monoisotopic (exact) mass is 561 g/mol. The zero-order valence-electron chi connectivity index (χ0n) is 15.8. The molecule has 0 aliphatic carbocycles. The third kappa shape index (κ3) is 4.40. The van der Waals surface area contributed by atoms with Crippen LogP contribution in [0.2, 0.25) is 10.0 Å². The molecule has 0 fully saturated rings. The molecule has 31 heavy (non-hydrogen) atoms. The smallest absolute Gasteiger partial charge is 0.205 e. The summed E-state index contributed by atoms with van der Waals surface area (Å²) in [6.45, 7) is 0. The Labute approximate surface area is 202 Å². The normalized spacial score (nSPS) is 17.8. The van der Waals surface area contributed by atoms with Crippen LogP contribution in [0.4, 0.5) is 5.69 Å². The molecule has 1 heterocycles. The van der Waals surface area contributed by atoms with Crippen molar-refractivity contribution in [3.05, 3.63) is 84.9 Å². The fourth-order valence-corrected chi connectivity index (χ4v) is 4.33. The topological polar surface area (TPSA) is 89.5 Å². The lowest BCUT2D eigenvalue weighted by Gasteiger charge is -2.30. The highest BCUT2D eigenvalue weighted by atomic mass is 127. The van der Waals surface area contributed by atoms with Gasteiger partial charge in [0.1, 0.15) is 17.4 Å². The third-order valence-electron chi connectivity index (χ3n) is 4.93. The predicted octanol–water partition coefficient (Wildman–Crippen LogP) is 6.70. The summed E-state index contributed by atoms with van der Waals surface area (Å²) in [5.74, 6) is -1.03. The van der Waals surface area contributed by atoms with Gasteiger partial charge in [0, 0.05) is 32.9 Å². The quantitative estimate of drug-likeness (QED) is 0.275. The van der Waals surface area contributed by atoms with Crippen LogP contribution < -0.4 is 4.74 Å². The minimum atomic E-state index is -0.782. The van der Waals surface area contributed by atoms with Gasteiger partial charge in [0.25, 0.3) is 0 Å². The molecule has 2 atom stereocenters. The zero-order valence-corrected chi connectivity index (χ0v) is 19.5. The highest BCUT2D eigenvalue weighted by molar-refractivity contribution is 14.1. The number of nitriles is 1. The number of aromatic hydroxyl groups is 1. The molecule has 0 spiro atoms. The Balaban J connectivity index is 1.81. The summed E-state index contributed by atoms with van der Waals surface area (Å²) in [6, 6.07) is 18.2. The number of aliphatic imine (C=N–C) groups is 1. The van der Waals surface area contributed by atoms with Gasteiger partial charge in [-0.05, 0) is 64.6 Å². The first kappa shape index (κ1) is 21.6. The van der Waals surface area contributed by atoms with Crippen LogP contribution in [0.5, 0.6) is 11.5 Å². The maximum Gasteiger partial charge on any atom is 0.205 e. The second-order valence-corrected chi connectivity index (χ2v) is 8.97. The lowest BCUT2D eigenvalue weighted by molar-refractivity contribution is 0.435. The van der Waals surface area contributed by atoms with Crippen molar-refractivity contribution in [1.29, 1.82) is 10.7 Å². The van der Waals surface area contributed by atoms with Crippen LogP contribution in [-0.4, -0.2) is 17.2 Å². The van der Waals surface area contributed by atoms with Gasteiger partial charge in [-0.3, -0.25) is 10.4 Å². The van der Waals surface area contributed by atoms with Crippen LogP contribution in [0.1, 0.15) is 22.6 Å². The number of benzene rings is 3. The third-order valence-corrected chi connectivity index (χ3v) is 6.34. The molecule has 1 aliphatic heterocycles. The van der Waals surface area contributed by atoms with E-state index in [4.69, 9.17) is 33.3 Å². The Hall–Kier alpha value is -2.60. The van der Waals surface area contributed by atoms with E-state index < -0.39 is 11.8 Å². The Morgan fingerprint density at radius 2 is 1.94 bits per heavy atom. The molecule has 0 saturated heterocycles. The van der Waals surface area contributed by atoms with Crippen molar-refractivity contribution in [3.8, 4) is 17.6 Å². The maximum absolute atomic E-state index is 10.5. The van der Waals surface area contributed by atoms with E-state index in [1.807, 2.05) is 24.3 Å². The summed E-state index contributed by atoms with van der Waals surface area (Å²) in [4.78, 5) is 4.38. The molecule has 0 amide bonds. The number of nitrogens with zero attached hydrogens (tertiary/aromatic N) is 2. The number of halogens is 3. The molecule has 0 saturated carbocycles. The van der Waals surface area contributed by atoms with Crippen LogP contribution in [0.15, 0.2) is 59.6 Å². The van der Waals surface area contributed by atoms with E-state index in [0.29, 0.717) is 32.6 Å². The van der Waals surface area contributed by atoms with Crippen molar-refractivity contribution in [1.82, 2.24) is 0 Å². The van der Waals surface area contributed by atoms with E-state index in [9.17, 15) is 10.4 Å². The van der Waals surface area contributed by atoms with Crippen molar-refractivity contribution in [3.63, 3.8) is 0 Å². The molecule has 0 radical (unpaired) electrons. The highest BCUT2D eigenvalue weighted by Gasteiger charge is 2.37. The average molecular weight is 562 g/mol. The molecule has 4 rings (SSSR count). The van der Waals surface area contributed by atoms with Gasteiger partial charge in [-0.1, -0.05) is 35.3 Å². The molecule has 1 aliphatic rings. The number of ether oxygens (including phenoxy) is 1. The summed E-state index contributed by atoms with van der Waals surface area (Å²) in [6.07, 6.45) is 1.52. The van der Waals surface area contributed by atoms with Crippen LogP contribution in [0.25, 0.3) is 0 Å². The molecule has 2 N–H and O–H groups in total. The first-order valence-electron chi connectivity index (χ1n) is 9.15. The molecule has 3 aromatic carbocycles. The summed E-state index contributed by atoms with van der Waals surface area (Å²) in [7, 11) is 0. The van der Waals surface area contributed by atoms with Gasteiger partial charge in [0.15, 0.2) is 0 Å². The number of fused-ring (bicyclic) bond motifs is 1. The van der Waals surface area contributed by atoms with Gasteiger partial charge in [-0.15, -0.1) is 0 Å². The summed E-state index contributed by atoms with van der Waals surface area (Å²) in [5.41, 5.74) is 2.63. The van der Waals surface area contributed by atoms with E-state index in [2.05, 4.69) is 33.7 Å². The molecule has 0 bridgehead atoms. The van der Waals surface area contributed by atoms with E-state index in [1.54, 1.807) is 24.3 Å². The van der Waals surface area contributed by atoms with Crippen molar-refractivity contribution >= 4 is 63.6 Å². The molecule has 3 aromatic rings. The van der Waals surface area contributed by atoms with E-state index in [-0.39, 0.29) is 11.6 Å². The highest BCUT2D eigenvalue weighted by Crippen LogP contribution is 2.44. The van der Waals surface area contributed by atoms with Crippen molar-refractivity contribution in [2.45, 2.75) is 5.92 Å². The van der Waals surface area contributed by atoms with Crippen molar-refractivity contribution < 1.29 is 9.84 Å². The largest absolute Gasteiger partial charge is 0.507 e. The standard InChI is InChI=1S/C23H14Cl2IN3O2/c24-18-5-4-15(8-19(18)25)29-11-13-7-16-21(9-20(13)30)31-23(28)17(10-27)22(16)12-2-1-3-14(26)6-12/h1-9,11,17,22,28,30H. The number of hydrogen-bond donors (Lipinski definition) is 2. The second-order valence-electron chi connectivity index (χ2n) is 6.91. The van der Waals surface area contributed by atoms with Crippen LogP contribution >= 0.6 is 45.8 Å². The van der Waals surface area contributed by atoms with Gasteiger partial charge in [0.05, 0.1) is 21.8 Å². The lowest BCUT2D eigenvalue weighted by atomic mass is 9.78. The number of phenolic OH excluding ortho intramolecular Hbond substituents is 1. The van der Waals surface area contributed by atoms with Crippen LogP contribution in [-0.2, 0) is 0 Å². The minimum Gasteiger partial charge on any atom is -0.507 e. The van der Waals surface area contributed by atoms with Gasteiger partial charge in [0.2, 0.25) is 5.90 Å². The lowest BCUT2D eigenvalue weighted by Crippen LogP contribution is -2.31. The Morgan fingerprint density at radius 1 is 1.13 bits per heavy atom.